The average molecular weight is 475 g/mol. The van der Waals surface area contributed by atoms with Crippen molar-refractivity contribution in [3.63, 3.8) is 0 Å². The van der Waals surface area contributed by atoms with Gasteiger partial charge in [0.15, 0.2) is 0 Å². The smallest absolute Gasteiger partial charge is 0.354 e. The first-order chi connectivity index (χ1) is 16.8. The summed E-state index contributed by atoms with van der Waals surface area (Å²) in [4.78, 5) is 40.3. The summed E-state index contributed by atoms with van der Waals surface area (Å²) in [7, 11) is 0. The lowest BCUT2D eigenvalue weighted by atomic mass is 10.2. The third kappa shape index (κ3) is 5.96. The Labute approximate surface area is 199 Å². The van der Waals surface area contributed by atoms with Crippen molar-refractivity contribution >= 4 is 29.2 Å². The molecule has 0 fully saturated rings. The second kappa shape index (κ2) is 11.0. The number of aromatic nitrogens is 1. The van der Waals surface area contributed by atoms with Gasteiger partial charge in [0.2, 0.25) is 5.96 Å². The lowest BCUT2D eigenvalue weighted by molar-refractivity contribution is -0.384. The summed E-state index contributed by atoms with van der Waals surface area (Å²) >= 11 is 0. The van der Waals surface area contributed by atoms with Crippen molar-refractivity contribution in [3.05, 3.63) is 107 Å². The Balaban J connectivity index is 1.81. The third-order valence-corrected chi connectivity index (χ3v) is 4.56. The highest BCUT2D eigenvalue weighted by Crippen LogP contribution is 2.24. The van der Waals surface area contributed by atoms with E-state index in [4.69, 9.17) is 16.0 Å². The van der Waals surface area contributed by atoms with Crippen LogP contribution in [0, 0.1) is 15.5 Å². The van der Waals surface area contributed by atoms with Gasteiger partial charge in [0.1, 0.15) is 17.9 Å². The number of nitro benzene ring substituents is 1. The molecule has 0 unspecified atom stereocenters. The summed E-state index contributed by atoms with van der Waals surface area (Å²) in [6, 6.07) is 17.6. The molecule has 3 aromatic rings. The lowest BCUT2D eigenvalue weighted by Gasteiger charge is -2.17. The SMILES string of the molecule is C=C/C(=N\N(OC(=O)CNC(=O)c1ccccc1)C(=N)N)c1cccn1-c1ccccc1[N+](=O)[O-]. The number of para-hydroxylation sites is 2. The van der Waals surface area contributed by atoms with Gasteiger partial charge in [0, 0.05) is 17.8 Å². The Morgan fingerprint density at radius 2 is 1.86 bits per heavy atom. The molecule has 0 aliphatic rings. The van der Waals surface area contributed by atoms with Crippen molar-refractivity contribution in [1.29, 1.82) is 5.41 Å². The number of nitrogens with zero attached hydrogens (tertiary/aromatic N) is 4. The fourth-order valence-electron chi connectivity index (χ4n) is 3.01. The number of nitro groups is 1. The molecule has 0 aliphatic heterocycles. The Morgan fingerprint density at radius 1 is 1.17 bits per heavy atom. The second-order valence-electron chi connectivity index (χ2n) is 6.87. The number of guanidine groups is 1. The van der Waals surface area contributed by atoms with E-state index in [1.54, 1.807) is 66.9 Å². The van der Waals surface area contributed by atoms with Crippen LogP contribution in [0.5, 0.6) is 0 Å². The van der Waals surface area contributed by atoms with Gasteiger partial charge < -0.3 is 20.5 Å². The normalized spacial score (nSPS) is 10.8. The fourth-order valence-corrected chi connectivity index (χ4v) is 3.01. The molecular weight excluding hydrogens is 454 g/mol. The minimum atomic E-state index is -0.939. The first-order valence-electron chi connectivity index (χ1n) is 10.1. The number of hydroxylamine groups is 1. The van der Waals surface area contributed by atoms with Gasteiger partial charge in [-0.05, 0) is 36.4 Å². The summed E-state index contributed by atoms with van der Waals surface area (Å²) in [5, 5.41) is 26.1. The molecule has 1 aromatic heterocycles. The fraction of sp³-hybridized carbons (Fsp3) is 0.0435. The molecule has 0 aliphatic carbocycles. The van der Waals surface area contributed by atoms with Crippen LogP contribution in [0.25, 0.3) is 5.69 Å². The van der Waals surface area contributed by atoms with Crippen LogP contribution >= 0.6 is 0 Å². The Bertz CT molecular complexity index is 1300. The first-order valence-corrected chi connectivity index (χ1v) is 10.1. The van der Waals surface area contributed by atoms with Gasteiger partial charge in [-0.2, -0.15) is 0 Å². The van der Waals surface area contributed by atoms with Crippen molar-refractivity contribution in [2.75, 3.05) is 6.54 Å². The molecule has 178 valence electrons. The minimum absolute atomic E-state index is 0.101. The van der Waals surface area contributed by atoms with Crippen LogP contribution < -0.4 is 11.1 Å². The van der Waals surface area contributed by atoms with Gasteiger partial charge in [-0.3, -0.25) is 20.3 Å². The van der Waals surface area contributed by atoms with Gasteiger partial charge in [-0.1, -0.05) is 42.1 Å². The lowest BCUT2D eigenvalue weighted by Crippen LogP contribution is -2.39. The van der Waals surface area contributed by atoms with E-state index < -0.39 is 29.3 Å². The highest BCUT2D eigenvalue weighted by molar-refractivity contribution is 6.08. The Morgan fingerprint density at radius 3 is 2.51 bits per heavy atom. The third-order valence-electron chi connectivity index (χ3n) is 4.56. The van der Waals surface area contributed by atoms with E-state index in [2.05, 4.69) is 17.0 Å². The van der Waals surface area contributed by atoms with Crippen LogP contribution in [0.4, 0.5) is 5.69 Å². The maximum atomic E-state index is 12.3. The summed E-state index contributed by atoms with van der Waals surface area (Å²) in [5.41, 5.74) is 6.44. The molecule has 2 aromatic carbocycles. The predicted octanol–water partition coefficient (Wildman–Crippen LogP) is 2.36. The molecule has 12 nitrogen and oxygen atoms in total. The average Bonchev–Trinajstić information content (AvgIpc) is 3.35. The van der Waals surface area contributed by atoms with Crippen molar-refractivity contribution in [2.24, 2.45) is 10.8 Å². The molecule has 0 spiro atoms. The molecule has 1 heterocycles. The molecule has 1 amide bonds. The highest BCUT2D eigenvalue weighted by atomic mass is 16.7. The van der Waals surface area contributed by atoms with Crippen LogP contribution in [0.2, 0.25) is 0 Å². The largest absolute Gasteiger partial charge is 0.366 e. The number of nitrogens with two attached hydrogens (primary N) is 1. The van der Waals surface area contributed by atoms with Gasteiger partial charge in [-0.15, -0.1) is 5.10 Å². The number of rotatable bonds is 8. The van der Waals surface area contributed by atoms with Crippen molar-refractivity contribution < 1.29 is 19.3 Å². The van der Waals surface area contributed by atoms with E-state index in [1.807, 2.05) is 0 Å². The van der Waals surface area contributed by atoms with Crippen molar-refractivity contribution in [2.45, 2.75) is 0 Å². The van der Waals surface area contributed by atoms with E-state index in [9.17, 15) is 19.7 Å². The van der Waals surface area contributed by atoms with E-state index in [0.29, 0.717) is 16.4 Å². The summed E-state index contributed by atoms with van der Waals surface area (Å²) in [6.07, 6.45) is 2.89. The Hall–Kier alpha value is -5.26. The summed E-state index contributed by atoms with van der Waals surface area (Å²) in [6.45, 7) is 3.17. The van der Waals surface area contributed by atoms with Gasteiger partial charge in [0.05, 0.1) is 10.6 Å². The number of benzene rings is 2. The number of amides is 1. The molecule has 0 bridgehead atoms. The molecule has 12 heteroatoms. The maximum Gasteiger partial charge on any atom is 0.354 e. The summed E-state index contributed by atoms with van der Waals surface area (Å²) in [5.74, 6) is -2.16. The summed E-state index contributed by atoms with van der Waals surface area (Å²) < 4.78 is 1.50. The van der Waals surface area contributed by atoms with E-state index in [1.165, 1.54) is 16.7 Å². The number of hydrazone groups is 1. The van der Waals surface area contributed by atoms with E-state index >= 15 is 0 Å². The molecule has 0 saturated heterocycles. The second-order valence-corrected chi connectivity index (χ2v) is 6.87. The topological polar surface area (TPSA) is 169 Å². The molecule has 0 atom stereocenters. The van der Waals surface area contributed by atoms with E-state index in [-0.39, 0.29) is 17.1 Å². The zero-order chi connectivity index (χ0) is 25.4. The van der Waals surface area contributed by atoms with Gasteiger partial charge in [-0.25, -0.2) is 4.79 Å². The van der Waals surface area contributed by atoms with Crippen LogP contribution in [0.15, 0.2) is 90.7 Å². The van der Waals surface area contributed by atoms with Gasteiger partial charge >= 0.3 is 5.97 Å². The van der Waals surface area contributed by atoms with Crippen LogP contribution in [0.1, 0.15) is 16.1 Å². The van der Waals surface area contributed by atoms with E-state index in [0.717, 1.165) is 0 Å². The van der Waals surface area contributed by atoms with Crippen LogP contribution in [-0.2, 0) is 9.63 Å². The van der Waals surface area contributed by atoms with Crippen LogP contribution in [0.3, 0.4) is 0 Å². The molecule has 3 rings (SSSR count). The zero-order valence-corrected chi connectivity index (χ0v) is 18.3. The Kier molecular flexibility index (Phi) is 7.70. The number of carbonyl (C=O) groups excluding carboxylic acids is 2. The zero-order valence-electron chi connectivity index (χ0n) is 18.3. The first kappa shape index (κ1) is 24.4. The quantitative estimate of drug-likeness (QED) is 0.194. The maximum absolute atomic E-state index is 12.3. The number of hydrogen-bond acceptors (Lipinski definition) is 7. The van der Waals surface area contributed by atoms with Crippen molar-refractivity contribution in [1.82, 2.24) is 15.1 Å². The molecule has 0 saturated carbocycles. The number of allylic oxidation sites excluding steroid dienone is 1. The molecule has 35 heavy (non-hydrogen) atoms. The van der Waals surface area contributed by atoms with Crippen LogP contribution in [-0.4, -0.2) is 44.8 Å². The van der Waals surface area contributed by atoms with Gasteiger partial charge in [0.25, 0.3) is 11.6 Å². The van der Waals surface area contributed by atoms with Crippen molar-refractivity contribution in [3.8, 4) is 5.69 Å². The predicted molar refractivity (Wildman–Crippen MR) is 128 cm³/mol. The molecular formula is C23H21N7O5. The highest BCUT2D eigenvalue weighted by Gasteiger charge is 2.20. The number of carbonyl (C=O) groups is 2. The number of nitrogens with one attached hydrogen (secondary N) is 2. The minimum Gasteiger partial charge on any atom is -0.366 e. The molecule has 0 radical (unpaired) electrons. The number of hydrogen-bond donors (Lipinski definition) is 3. The monoisotopic (exact) mass is 475 g/mol. The molecule has 4 N–H and O–H groups in total. The standard InChI is InChI=1S/C23H21N7O5/c1-2-17(18-13-8-14-28(18)19-11-6-7-12-20(19)30(33)34)27-29(23(24)25)35-21(31)15-26-22(32)16-9-4-3-5-10-16/h2-14H,1,15H2,(H3,24,25)(H,26,32)/b27-17+.